The fourth-order valence-corrected chi connectivity index (χ4v) is 1.35. The number of hydrogen-bond acceptors (Lipinski definition) is 4. The molecule has 0 saturated heterocycles. The molecule has 0 radical (unpaired) electrons. The van der Waals surface area contributed by atoms with Crippen LogP contribution in [0.3, 0.4) is 0 Å². The summed E-state index contributed by atoms with van der Waals surface area (Å²) in [4.78, 5) is 21.7. The summed E-state index contributed by atoms with van der Waals surface area (Å²) in [6.07, 6.45) is 7.40. The van der Waals surface area contributed by atoms with E-state index in [4.69, 9.17) is 0 Å². The van der Waals surface area contributed by atoms with Crippen LogP contribution in [0.15, 0.2) is 41.7 Å². The molecule has 0 fully saturated rings. The molecule has 82 valence electrons. The molecule has 0 aliphatic heterocycles. The molecule has 0 spiro atoms. The number of anilines is 1. The first-order valence-corrected chi connectivity index (χ1v) is 5.03. The minimum atomic E-state index is -0.197. The van der Waals surface area contributed by atoms with Crippen LogP contribution >= 0.6 is 0 Å². The second-order valence-corrected chi connectivity index (χ2v) is 3.30. The molecule has 5 nitrogen and oxygen atoms in total. The second-order valence-electron chi connectivity index (χ2n) is 3.30. The van der Waals surface area contributed by atoms with Gasteiger partial charge in [0, 0.05) is 31.3 Å². The Kier molecular flexibility index (Phi) is 3.28. The minimum Gasteiger partial charge on any atom is -0.365 e. The highest BCUT2D eigenvalue weighted by atomic mass is 16.1. The first-order valence-electron chi connectivity index (χ1n) is 5.03. The van der Waals surface area contributed by atoms with Crippen LogP contribution in [0.5, 0.6) is 0 Å². The van der Waals surface area contributed by atoms with Gasteiger partial charge < -0.3 is 10.3 Å². The molecule has 0 unspecified atom stereocenters. The summed E-state index contributed by atoms with van der Waals surface area (Å²) in [5, 5.41) is 2.99. The van der Waals surface area contributed by atoms with E-state index in [2.05, 4.69) is 20.3 Å². The molecule has 16 heavy (non-hydrogen) atoms. The first kappa shape index (κ1) is 10.4. The molecular formula is C11H12N4O. The number of H-pyrrole nitrogens is 1. The highest BCUT2D eigenvalue weighted by Crippen LogP contribution is 1.98. The van der Waals surface area contributed by atoms with Gasteiger partial charge in [0.05, 0.1) is 0 Å². The summed E-state index contributed by atoms with van der Waals surface area (Å²) in [7, 11) is 0. The molecule has 2 heterocycles. The van der Waals surface area contributed by atoms with Crippen molar-refractivity contribution in [3.63, 3.8) is 0 Å². The number of aromatic amines is 1. The third-order valence-electron chi connectivity index (χ3n) is 2.16. The third kappa shape index (κ3) is 2.66. The van der Waals surface area contributed by atoms with Crippen molar-refractivity contribution in [3.05, 3.63) is 52.8 Å². The van der Waals surface area contributed by atoms with Crippen LogP contribution in [0, 0.1) is 0 Å². The Morgan fingerprint density at radius 1 is 1.25 bits per heavy atom. The number of nitrogens with one attached hydrogen (secondary N) is 2. The normalized spacial score (nSPS) is 10.0. The van der Waals surface area contributed by atoms with Gasteiger partial charge in [0.2, 0.25) is 0 Å². The summed E-state index contributed by atoms with van der Waals surface area (Å²) in [6, 6.07) is 3.90. The van der Waals surface area contributed by atoms with Crippen LogP contribution in [0.25, 0.3) is 0 Å². The average Bonchev–Trinajstić information content (AvgIpc) is 2.33. The lowest BCUT2D eigenvalue weighted by molar-refractivity contribution is 0.985. The lowest BCUT2D eigenvalue weighted by atomic mass is 10.2. The van der Waals surface area contributed by atoms with Gasteiger partial charge in [0.1, 0.15) is 0 Å². The van der Waals surface area contributed by atoms with Gasteiger partial charge in [-0.1, -0.05) is 0 Å². The van der Waals surface area contributed by atoms with Gasteiger partial charge in [-0.15, -0.1) is 0 Å². The number of pyridine rings is 1. The summed E-state index contributed by atoms with van der Waals surface area (Å²) in [6.45, 7) is 0.671. The Balaban J connectivity index is 1.90. The van der Waals surface area contributed by atoms with Crippen molar-refractivity contribution < 1.29 is 0 Å². The van der Waals surface area contributed by atoms with Crippen molar-refractivity contribution in [1.82, 2.24) is 15.0 Å². The monoisotopic (exact) mass is 216 g/mol. The van der Waals surface area contributed by atoms with E-state index < -0.39 is 0 Å². The number of nitrogens with zero attached hydrogens (tertiary/aromatic N) is 2. The highest BCUT2D eigenvalue weighted by Gasteiger charge is 1.98. The van der Waals surface area contributed by atoms with E-state index in [1.54, 1.807) is 18.6 Å². The molecule has 2 aromatic rings. The first-order chi connectivity index (χ1) is 7.86. The molecule has 0 bridgehead atoms. The predicted molar refractivity (Wildman–Crippen MR) is 61.3 cm³/mol. The molecule has 2 rings (SSSR count). The van der Waals surface area contributed by atoms with Crippen LogP contribution in [0.4, 0.5) is 5.82 Å². The summed E-state index contributed by atoms with van der Waals surface area (Å²) < 4.78 is 0. The van der Waals surface area contributed by atoms with E-state index in [0.29, 0.717) is 12.4 Å². The van der Waals surface area contributed by atoms with Gasteiger partial charge in [-0.25, -0.2) is 4.98 Å². The van der Waals surface area contributed by atoms with Crippen molar-refractivity contribution >= 4 is 5.82 Å². The van der Waals surface area contributed by atoms with Gasteiger partial charge in [0.15, 0.2) is 5.82 Å². The van der Waals surface area contributed by atoms with Crippen LogP contribution in [0.2, 0.25) is 0 Å². The van der Waals surface area contributed by atoms with Crippen molar-refractivity contribution in [1.29, 1.82) is 0 Å². The van der Waals surface area contributed by atoms with Gasteiger partial charge in [0.25, 0.3) is 5.56 Å². The summed E-state index contributed by atoms with van der Waals surface area (Å²) in [5.41, 5.74) is 0.979. The molecule has 0 aromatic carbocycles. The SMILES string of the molecule is O=c1[nH]ccnc1NCCc1ccncc1. The molecule has 0 aliphatic rings. The quantitative estimate of drug-likeness (QED) is 0.793. The minimum absolute atomic E-state index is 0.197. The summed E-state index contributed by atoms with van der Waals surface area (Å²) in [5.74, 6) is 0.358. The smallest absolute Gasteiger partial charge is 0.290 e. The highest BCUT2D eigenvalue weighted by molar-refractivity contribution is 5.30. The van der Waals surface area contributed by atoms with Gasteiger partial charge in [-0.3, -0.25) is 9.78 Å². The van der Waals surface area contributed by atoms with Crippen molar-refractivity contribution in [3.8, 4) is 0 Å². The Morgan fingerprint density at radius 2 is 2.06 bits per heavy atom. The largest absolute Gasteiger partial charge is 0.365 e. The fraction of sp³-hybridized carbons (Fsp3) is 0.182. The second kappa shape index (κ2) is 5.06. The Morgan fingerprint density at radius 3 is 2.81 bits per heavy atom. The fourth-order valence-electron chi connectivity index (χ4n) is 1.35. The van der Waals surface area contributed by atoms with Gasteiger partial charge >= 0.3 is 0 Å². The van der Waals surface area contributed by atoms with E-state index in [9.17, 15) is 4.79 Å². The molecule has 0 saturated carbocycles. The van der Waals surface area contributed by atoms with Crippen molar-refractivity contribution in [2.45, 2.75) is 6.42 Å². The molecule has 0 aliphatic carbocycles. The maximum atomic E-state index is 11.3. The summed E-state index contributed by atoms with van der Waals surface area (Å²) >= 11 is 0. The number of hydrogen-bond donors (Lipinski definition) is 2. The van der Waals surface area contributed by atoms with E-state index in [1.165, 1.54) is 11.8 Å². The average molecular weight is 216 g/mol. The Hall–Kier alpha value is -2.17. The lowest BCUT2D eigenvalue weighted by Crippen LogP contribution is -2.17. The maximum absolute atomic E-state index is 11.3. The van der Waals surface area contributed by atoms with Crippen LogP contribution in [-0.4, -0.2) is 21.5 Å². The van der Waals surface area contributed by atoms with E-state index >= 15 is 0 Å². The Labute approximate surface area is 92.6 Å². The molecular weight excluding hydrogens is 204 g/mol. The van der Waals surface area contributed by atoms with E-state index in [0.717, 1.165) is 6.42 Å². The van der Waals surface area contributed by atoms with Crippen LogP contribution < -0.4 is 10.9 Å². The maximum Gasteiger partial charge on any atom is 0.290 e. The van der Waals surface area contributed by atoms with Gasteiger partial charge in [-0.2, -0.15) is 0 Å². The Bertz CT molecular complexity index is 495. The molecule has 5 heteroatoms. The molecule has 0 atom stereocenters. The zero-order valence-electron chi connectivity index (χ0n) is 8.68. The zero-order valence-corrected chi connectivity index (χ0v) is 8.68. The van der Waals surface area contributed by atoms with Gasteiger partial charge in [-0.05, 0) is 24.1 Å². The predicted octanol–water partition coefficient (Wildman–Crippen LogP) is 0.819. The molecule has 0 amide bonds. The number of aromatic nitrogens is 3. The van der Waals surface area contributed by atoms with Crippen molar-refractivity contribution in [2.75, 3.05) is 11.9 Å². The van der Waals surface area contributed by atoms with Crippen molar-refractivity contribution in [2.24, 2.45) is 0 Å². The molecule has 2 N–H and O–H groups in total. The third-order valence-corrected chi connectivity index (χ3v) is 2.16. The standard InChI is InChI=1S/C11H12N4O/c16-11-10(14-7-8-15-11)13-6-3-9-1-4-12-5-2-9/h1-2,4-5,7-8H,3,6H2,(H,13,14)(H,15,16). The van der Waals surface area contributed by atoms with Crippen LogP contribution in [-0.2, 0) is 6.42 Å². The van der Waals surface area contributed by atoms with E-state index in [-0.39, 0.29) is 5.56 Å². The topological polar surface area (TPSA) is 70.7 Å². The zero-order chi connectivity index (χ0) is 11.2. The van der Waals surface area contributed by atoms with Crippen LogP contribution in [0.1, 0.15) is 5.56 Å². The molecule has 2 aromatic heterocycles. The lowest BCUT2D eigenvalue weighted by Gasteiger charge is -2.03. The number of rotatable bonds is 4. The van der Waals surface area contributed by atoms with E-state index in [1.807, 2.05) is 12.1 Å².